The van der Waals surface area contributed by atoms with Gasteiger partial charge >= 0.3 is 6.18 Å². The summed E-state index contributed by atoms with van der Waals surface area (Å²) in [6.45, 7) is 3.73. The first kappa shape index (κ1) is 19.0. The van der Waals surface area contributed by atoms with E-state index in [1.165, 1.54) is 10.7 Å². The second kappa shape index (κ2) is 7.69. The first-order valence-electron chi connectivity index (χ1n) is 7.93. The number of nitrogens with one attached hydrogen (secondary N) is 1. The summed E-state index contributed by atoms with van der Waals surface area (Å²) >= 11 is 0. The van der Waals surface area contributed by atoms with Crippen molar-refractivity contribution in [2.45, 2.75) is 39.4 Å². The maximum Gasteiger partial charge on any atom is 0.416 e. The van der Waals surface area contributed by atoms with E-state index in [2.05, 4.69) is 10.4 Å². The molecule has 0 aliphatic rings. The molecule has 136 valence electrons. The molecule has 0 spiro atoms. The van der Waals surface area contributed by atoms with Crippen molar-refractivity contribution in [2.24, 2.45) is 5.73 Å². The first-order chi connectivity index (χ1) is 11.7. The van der Waals surface area contributed by atoms with Gasteiger partial charge < -0.3 is 11.1 Å². The largest absolute Gasteiger partial charge is 0.416 e. The fraction of sp³-hybridized carbons (Fsp3) is 0.412. The molecule has 25 heavy (non-hydrogen) atoms. The van der Waals surface area contributed by atoms with Crippen LogP contribution in [0.5, 0.6) is 0 Å². The number of aryl methyl sites for hydroxylation is 2. The summed E-state index contributed by atoms with van der Waals surface area (Å²) in [6.07, 6.45) is -3.83. The lowest BCUT2D eigenvalue weighted by atomic mass is 10.1. The third-order valence-electron chi connectivity index (χ3n) is 3.74. The van der Waals surface area contributed by atoms with Crippen LogP contribution in [0.2, 0.25) is 0 Å². The first-order valence-corrected chi connectivity index (χ1v) is 7.93. The number of amides is 1. The highest BCUT2D eigenvalue weighted by Gasteiger charge is 2.33. The van der Waals surface area contributed by atoms with Gasteiger partial charge in [-0.15, -0.1) is 0 Å². The lowest BCUT2D eigenvalue weighted by Crippen LogP contribution is -2.25. The standard InChI is InChI=1S/C17H21F3N4O/c1-11-8-12(2)24(23-11)14-6-5-13(15(9-14)17(18,19)20)10-22-16(25)4-3-7-21/h5-6,8-9H,3-4,7,10,21H2,1-2H3,(H,22,25). The van der Waals surface area contributed by atoms with Gasteiger partial charge in [0.2, 0.25) is 5.91 Å². The molecule has 3 N–H and O–H groups in total. The van der Waals surface area contributed by atoms with Crippen LogP contribution in [0.4, 0.5) is 13.2 Å². The molecule has 1 aromatic heterocycles. The van der Waals surface area contributed by atoms with Crippen molar-refractivity contribution in [1.82, 2.24) is 15.1 Å². The highest BCUT2D eigenvalue weighted by Crippen LogP contribution is 2.33. The van der Waals surface area contributed by atoms with Crippen molar-refractivity contribution in [1.29, 1.82) is 0 Å². The number of rotatable bonds is 6. The number of carbonyl (C=O) groups is 1. The Balaban J connectivity index is 2.29. The number of hydrogen-bond donors (Lipinski definition) is 2. The van der Waals surface area contributed by atoms with Crippen molar-refractivity contribution in [3.05, 3.63) is 46.8 Å². The molecule has 2 rings (SSSR count). The molecular weight excluding hydrogens is 333 g/mol. The third kappa shape index (κ3) is 4.82. The van der Waals surface area contributed by atoms with Crippen LogP contribution in [0, 0.1) is 13.8 Å². The van der Waals surface area contributed by atoms with Crippen molar-refractivity contribution >= 4 is 5.91 Å². The predicted octanol–water partition coefficient (Wildman–Crippen LogP) is 2.86. The summed E-state index contributed by atoms with van der Waals surface area (Å²) in [5.74, 6) is -0.318. The summed E-state index contributed by atoms with van der Waals surface area (Å²) in [4.78, 5) is 11.6. The van der Waals surface area contributed by atoms with Gasteiger partial charge in [-0.25, -0.2) is 4.68 Å². The Kier molecular flexibility index (Phi) is 5.84. The molecule has 0 saturated carbocycles. The maximum atomic E-state index is 13.4. The van der Waals surface area contributed by atoms with Crippen molar-refractivity contribution in [3.63, 3.8) is 0 Å². The lowest BCUT2D eigenvalue weighted by Gasteiger charge is -2.16. The molecule has 0 bridgehead atoms. The number of nitrogens with two attached hydrogens (primary N) is 1. The van der Waals surface area contributed by atoms with E-state index < -0.39 is 11.7 Å². The quantitative estimate of drug-likeness (QED) is 0.838. The number of aromatic nitrogens is 2. The Morgan fingerprint density at radius 3 is 2.56 bits per heavy atom. The van der Waals surface area contributed by atoms with E-state index in [4.69, 9.17) is 5.73 Å². The van der Waals surface area contributed by atoms with E-state index in [1.54, 1.807) is 26.0 Å². The van der Waals surface area contributed by atoms with Crippen molar-refractivity contribution in [3.8, 4) is 5.69 Å². The van der Waals surface area contributed by atoms with Crippen LogP contribution < -0.4 is 11.1 Å². The van der Waals surface area contributed by atoms with Crippen molar-refractivity contribution in [2.75, 3.05) is 6.54 Å². The molecule has 8 heteroatoms. The van der Waals surface area contributed by atoms with Crippen LogP contribution >= 0.6 is 0 Å². The Labute approximate surface area is 144 Å². The van der Waals surface area contributed by atoms with Crippen LogP contribution in [0.3, 0.4) is 0 Å². The molecular formula is C17H21F3N4O. The molecule has 5 nitrogen and oxygen atoms in total. The lowest BCUT2D eigenvalue weighted by molar-refractivity contribution is -0.138. The zero-order valence-corrected chi connectivity index (χ0v) is 14.2. The van der Waals surface area contributed by atoms with E-state index >= 15 is 0 Å². The molecule has 2 aromatic rings. The predicted molar refractivity (Wildman–Crippen MR) is 88.2 cm³/mol. The van der Waals surface area contributed by atoms with Gasteiger partial charge in [0, 0.05) is 18.7 Å². The molecule has 0 unspecified atom stereocenters. The Morgan fingerprint density at radius 1 is 1.28 bits per heavy atom. The number of alkyl halides is 3. The topological polar surface area (TPSA) is 72.9 Å². The van der Waals surface area contributed by atoms with Crippen LogP contribution in [0.1, 0.15) is 35.4 Å². The number of hydrogen-bond acceptors (Lipinski definition) is 3. The van der Waals surface area contributed by atoms with E-state index in [0.717, 1.165) is 17.5 Å². The number of carbonyl (C=O) groups excluding carboxylic acids is 1. The van der Waals surface area contributed by atoms with Crippen LogP contribution in [-0.2, 0) is 17.5 Å². The highest BCUT2D eigenvalue weighted by molar-refractivity contribution is 5.75. The molecule has 1 aromatic carbocycles. The number of benzene rings is 1. The Hall–Kier alpha value is -2.35. The molecule has 0 saturated heterocycles. The van der Waals surface area contributed by atoms with Gasteiger partial charge in [-0.2, -0.15) is 18.3 Å². The summed E-state index contributed by atoms with van der Waals surface area (Å²) in [5, 5.41) is 6.71. The number of nitrogens with zero attached hydrogens (tertiary/aromatic N) is 2. The van der Waals surface area contributed by atoms with Crippen LogP contribution in [0.25, 0.3) is 5.69 Å². The van der Waals surface area contributed by atoms with Gasteiger partial charge in [0.1, 0.15) is 0 Å². The van der Waals surface area contributed by atoms with Crippen LogP contribution in [0.15, 0.2) is 24.3 Å². The molecule has 1 amide bonds. The van der Waals surface area contributed by atoms with E-state index in [0.29, 0.717) is 18.7 Å². The normalized spacial score (nSPS) is 11.6. The fourth-order valence-electron chi connectivity index (χ4n) is 2.55. The minimum absolute atomic E-state index is 0.0129. The SMILES string of the molecule is Cc1cc(C)n(-c2ccc(CNC(=O)CCCN)c(C(F)(F)F)c2)n1. The summed E-state index contributed by atoms with van der Waals surface area (Å²) < 4.78 is 41.7. The summed E-state index contributed by atoms with van der Waals surface area (Å²) in [5.41, 5.74) is 6.34. The van der Waals surface area contributed by atoms with Crippen LogP contribution in [-0.4, -0.2) is 22.2 Å². The third-order valence-corrected chi connectivity index (χ3v) is 3.74. The molecule has 0 aliphatic heterocycles. The second-order valence-corrected chi connectivity index (χ2v) is 5.85. The van der Waals surface area contributed by atoms with Gasteiger partial charge in [-0.05, 0) is 50.6 Å². The molecule has 1 heterocycles. The van der Waals surface area contributed by atoms with Gasteiger partial charge in [-0.1, -0.05) is 6.07 Å². The fourth-order valence-corrected chi connectivity index (χ4v) is 2.55. The Bertz CT molecular complexity index is 753. The Morgan fingerprint density at radius 2 is 2.00 bits per heavy atom. The average Bonchev–Trinajstić information content (AvgIpc) is 2.88. The summed E-state index contributed by atoms with van der Waals surface area (Å²) in [7, 11) is 0. The maximum absolute atomic E-state index is 13.4. The molecule has 0 radical (unpaired) electrons. The van der Waals surface area contributed by atoms with Crippen molar-refractivity contribution < 1.29 is 18.0 Å². The van der Waals surface area contributed by atoms with E-state index in [9.17, 15) is 18.0 Å². The molecule has 0 fully saturated rings. The average molecular weight is 354 g/mol. The second-order valence-electron chi connectivity index (χ2n) is 5.85. The summed E-state index contributed by atoms with van der Waals surface area (Å²) in [6, 6.07) is 5.79. The zero-order valence-electron chi connectivity index (χ0n) is 14.2. The molecule has 0 aliphatic carbocycles. The van der Waals surface area contributed by atoms with Gasteiger partial charge in [0.25, 0.3) is 0 Å². The van der Waals surface area contributed by atoms with Gasteiger partial charge in [0.05, 0.1) is 16.9 Å². The van der Waals surface area contributed by atoms with E-state index in [1.807, 2.05) is 0 Å². The van der Waals surface area contributed by atoms with E-state index in [-0.39, 0.29) is 24.4 Å². The highest BCUT2D eigenvalue weighted by atomic mass is 19.4. The van der Waals surface area contributed by atoms with Gasteiger partial charge in [-0.3, -0.25) is 4.79 Å². The molecule has 0 atom stereocenters. The minimum Gasteiger partial charge on any atom is -0.352 e. The van der Waals surface area contributed by atoms with Gasteiger partial charge in [0.15, 0.2) is 0 Å². The minimum atomic E-state index is -4.52. The monoisotopic (exact) mass is 354 g/mol. The smallest absolute Gasteiger partial charge is 0.352 e. The zero-order chi connectivity index (χ0) is 18.6. The number of halogens is 3.